The minimum absolute atomic E-state index is 0.250. The standard InChI is InChI=1S/C24H24IN7O3/c1-14-18(25)4-3-5-19(14)31-24(34)30-16-8-6-15(7-9-16)20-17(23(33)27-10-11-35-2)12-32-21(20)22(26)28-13-29-32/h3-9,12-13H,10-11H2,1-2H3,(H,27,33)(H2,26,28,29)(H2,30,31,34). The van der Waals surface area contributed by atoms with Crippen molar-refractivity contribution in [1.29, 1.82) is 0 Å². The molecule has 2 heterocycles. The van der Waals surface area contributed by atoms with E-state index in [1.165, 1.54) is 10.8 Å². The van der Waals surface area contributed by atoms with Gasteiger partial charge in [0.05, 0.1) is 12.2 Å². The summed E-state index contributed by atoms with van der Waals surface area (Å²) in [6.45, 7) is 2.70. The number of urea groups is 1. The van der Waals surface area contributed by atoms with Crippen molar-refractivity contribution in [2.45, 2.75) is 6.92 Å². The van der Waals surface area contributed by atoms with E-state index in [0.717, 1.165) is 20.4 Å². The van der Waals surface area contributed by atoms with Gasteiger partial charge in [0.15, 0.2) is 5.82 Å². The van der Waals surface area contributed by atoms with Crippen LogP contribution in [0.2, 0.25) is 0 Å². The van der Waals surface area contributed by atoms with Crippen LogP contribution in [0.25, 0.3) is 16.6 Å². The van der Waals surface area contributed by atoms with E-state index in [0.29, 0.717) is 35.5 Å². The summed E-state index contributed by atoms with van der Waals surface area (Å²) >= 11 is 2.23. The second-order valence-corrected chi connectivity index (χ2v) is 8.84. The van der Waals surface area contributed by atoms with Gasteiger partial charge >= 0.3 is 6.03 Å². The van der Waals surface area contributed by atoms with Gasteiger partial charge in [-0.2, -0.15) is 5.10 Å². The highest BCUT2D eigenvalue weighted by atomic mass is 127. The molecule has 0 spiro atoms. The fourth-order valence-corrected chi connectivity index (χ4v) is 4.11. The summed E-state index contributed by atoms with van der Waals surface area (Å²) in [6, 6.07) is 12.5. The van der Waals surface area contributed by atoms with Gasteiger partial charge in [-0.3, -0.25) is 4.79 Å². The first-order valence-corrected chi connectivity index (χ1v) is 11.8. The third kappa shape index (κ3) is 5.35. The van der Waals surface area contributed by atoms with Crippen LogP contribution >= 0.6 is 22.6 Å². The average Bonchev–Trinajstić information content (AvgIpc) is 3.24. The quantitative estimate of drug-likeness (QED) is 0.192. The maximum absolute atomic E-state index is 12.9. The summed E-state index contributed by atoms with van der Waals surface area (Å²) in [5, 5.41) is 12.7. The van der Waals surface area contributed by atoms with Gasteiger partial charge in [-0.15, -0.1) is 0 Å². The first-order chi connectivity index (χ1) is 16.9. The molecule has 2 aromatic heterocycles. The van der Waals surface area contributed by atoms with Crippen molar-refractivity contribution in [3.63, 3.8) is 0 Å². The minimum Gasteiger partial charge on any atom is -0.383 e. The average molecular weight is 585 g/mol. The monoisotopic (exact) mass is 585 g/mol. The highest BCUT2D eigenvalue weighted by Gasteiger charge is 2.21. The zero-order valence-corrected chi connectivity index (χ0v) is 21.3. The second-order valence-electron chi connectivity index (χ2n) is 7.67. The van der Waals surface area contributed by atoms with Gasteiger partial charge in [0.2, 0.25) is 0 Å². The van der Waals surface area contributed by atoms with Crippen LogP contribution in [0, 0.1) is 10.5 Å². The number of nitrogens with two attached hydrogens (primary N) is 1. The number of nitrogens with zero attached hydrogens (tertiary/aromatic N) is 3. The molecular formula is C24H24IN7O3. The van der Waals surface area contributed by atoms with E-state index in [1.807, 2.05) is 25.1 Å². The fraction of sp³-hybridized carbons (Fsp3) is 0.167. The number of carbonyl (C=O) groups excluding carboxylic acids is 2. The number of amides is 3. The van der Waals surface area contributed by atoms with Gasteiger partial charge in [-0.1, -0.05) is 18.2 Å². The van der Waals surface area contributed by atoms with E-state index in [1.54, 1.807) is 37.6 Å². The Morgan fingerprint density at radius 2 is 1.91 bits per heavy atom. The van der Waals surface area contributed by atoms with Crippen molar-refractivity contribution >= 4 is 57.2 Å². The Hall–Kier alpha value is -3.71. The number of ether oxygens (including phenoxy) is 1. The van der Waals surface area contributed by atoms with Gasteiger partial charge in [-0.05, 0) is 64.9 Å². The number of anilines is 3. The van der Waals surface area contributed by atoms with Crippen LogP contribution in [0.4, 0.5) is 22.0 Å². The summed E-state index contributed by atoms with van der Waals surface area (Å²) in [7, 11) is 1.57. The van der Waals surface area contributed by atoms with Gasteiger partial charge in [0.1, 0.15) is 11.8 Å². The minimum atomic E-state index is -0.354. The number of carbonyl (C=O) groups is 2. The number of hydrogen-bond acceptors (Lipinski definition) is 6. The summed E-state index contributed by atoms with van der Waals surface area (Å²) in [5.41, 5.74) is 10.7. The molecule has 0 unspecified atom stereocenters. The largest absolute Gasteiger partial charge is 0.383 e. The normalized spacial score (nSPS) is 10.8. The molecule has 180 valence electrons. The molecule has 0 aliphatic carbocycles. The number of halogens is 1. The summed E-state index contributed by atoms with van der Waals surface area (Å²) in [5.74, 6) is -0.0308. The second kappa shape index (κ2) is 10.7. The first kappa shape index (κ1) is 24.4. The van der Waals surface area contributed by atoms with Crippen LogP contribution in [0.15, 0.2) is 55.0 Å². The van der Waals surface area contributed by atoms with Crippen molar-refractivity contribution in [2.75, 3.05) is 36.6 Å². The third-order valence-electron chi connectivity index (χ3n) is 5.39. The van der Waals surface area contributed by atoms with Crippen LogP contribution in [0.5, 0.6) is 0 Å². The lowest BCUT2D eigenvalue weighted by Crippen LogP contribution is -2.27. The van der Waals surface area contributed by atoms with Gasteiger partial charge in [-0.25, -0.2) is 14.3 Å². The van der Waals surface area contributed by atoms with E-state index in [9.17, 15) is 9.59 Å². The molecule has 0 aliphatic heterocycles. The molecular weight excluding hydrogens is 561 g/mol. The first-order valence-electron chi connectivity index (χ1n) is 10.7. The molecule has 5 N–H and O–H groups in total. The Labute approximate surface area is 215 Å². The smallest absolute Gasteiger partial charge is 0.323 e. The molecule has 0 aliphatic rings. The number of benzene rings is 2. The fourth-order valence-electron chi connectivity index (χ4n) is 3.61. The molecule has 0 saturated carbocycles. The number of fused-ring (bicyclic) bond motifs is 1. The van der Waals surface area contributed by atoms with Crippen LogP contribution in [-0.4, -0.2) is 46.8 Å². The van der Waals surface area contributed by atoms with Crippen molar-refractivity contribution in [2.24, 2.45) is 0 Å². The van der Waals surface area contributed by atoms with Crippen molar-refractivity contribution in [1.82, 2.24) is 19.9 Å². The van der Waals surface area contributed by atoms with Crippen molar-refractivity contribution in [3.05, 3.63) is 69.7 Å². The van der Waals surface area contributed by atoms with Gasteiger partial charge in [0, 0.05) is 40.4 Å². The Balaban J connectivity index is 1.59. The van der Waals surface area contributed by atoms with Crippen molar-refractivity contribution in [3.8, 4) is 11.1 Å². The van der Waals surface area contributed by atoms with E-state index in [4.69, 9.17) is 10.5 Å². The molecule has 4 aromatic rings. The number of rotatable bonds is 7. The lowest BCUT2D eigenvalue weighted by Gasteiger charge is -2.12. The lowest BCUT2D eigenvalue weighted by molar-refractivity contribution is 0.0937. The maximum atomic E-state index is 12.9. The van der Waals surface area contributed by atoms with Crippen LogP contribution < -0.4 is 21.7 Å². The van der Waals surface area contributed by atoms with E-state index < -0.39 is 0 Å². The Morgan fingerprint density at radius 3 is 2.66 bits per heavy atom. The summed E-state index contributed by atoms with van der Waals surface area (Å²) < 4.78 is 7.61. The van der Waals surface area contributed by atoms with Crippen LogP contribution in [0.3, 0.4) is 0 Å². The number of hydrogen-bond donors (Lipinski definition) is 4. The van der Waals surface area contributed by atoms with E-state index in [2.05, 4.69) is 48.6 Å². The Bertz CT molecular complexity index is 1390. The topological polar surface area (TPSA) is 136 Å². The lowest BCUT2D eigenvalue weighted by atomic mass is 10.0. The Morgan fingerprint density at radius 1 is 1.14 bits per heavy atom. The number of aromatic nitrogens is 3. The summed E-state index contributed by atoms with van der Waals surface area (Å²) in [6.07, 6.45) is 2.95. The van der Waals surface area contributed by atoms with Crippen LogP contribution in [-0.2, 0) is 4.74 Å². The molecule has 2 aromatic carbocycles. The van der Waals surface area contributed by atoms with Gasteiger partial charge in [0.25, 0.3) is 5.91 Å². The maximum Gasteiger partial charge on any atom is 0.323 e. The highest BCUT2D eigenvalue weighted by Crippen LogP contribution is 2.33. The number of nitrogen functional groups attached to an aromatic ring is 1. The molecule has 10 nitrogen and oxygen atoms in total. The Kier molecular flexibility index (Phi) is 7.46. The SMILES string of the molecule is COCCNC(=O)c1cn2ncnc(N)c2c1-c1ccc(NC(=O)Nc2cccc(I)c2C)cc1. The zero-order valence-electron chi connectivity index (χ0n) is 19.1. The number of nitrogens with one attached hydrogen (secondary N) is 3. The molecule has 0 radical (unpaired) electrons. The number of methoxy groups -OCH3 is 1. The molecule has 35 heavy (non-hydrogen) atoms. The zero-order chi connectivity index (χ0) is 24.9. The molecule has 4 rings (SSSR count). The molecule has 0 bridgehead atoms. The summed E-state index contributed by atoms with van der Waals surface area (Å²) in [4.78, 5) is 29.5. The third-order valence-corrected chi connectivity index (χ3v) is 6.55. The van der Waals surface area contributed by atoms with Crippen LogP contribution in [0.1, 0.15) is 15.9 Å². The molecule has 0 fully saturated rings. The molecule has 0 atom stereocenters. The van der Waals surface area contributed by atoms with E-state index in [-0.39, 0.29) is 17.8 Å². The van der Waals surface area contributed by atoms with E-state index >= 15 is 0 Å². The predicted molar refractivity (Wildman–Crippen MR) is 144 cm³/mol. The van der Waals surface area contributed by atoms with Crippen molar-refractivity contribution < 1.29 is 14.3 Å². The predicted octanol–water partition coefficient (Wildman–Crippen LogP) is 3.91. The highest BCUT2D eigenvalue weighted by molar-refractivity contribution is 14.1. The molecule has 0 saturated heterocycles. The van der Waals surface area contributed by atoms with Gasteiger partial charge < -0.3 is 26.4 Å². The molecule has 11 heteroatoms. The molecule has 3 amide bonds.